The van der Waals surface area contributed by atoms with Gasteiger partial charge in [-0.15, -0.1) is 0 Å². The molecule has 0 saturated heterocycles. The number of nitrogens with zero attached hydrogens (tertiary/aromatic N) is 2. The van der Waals surface area contributed by atoms with Gasteiger partial charge < -0.3 is 38.7 Å². The molecule has 1 amide bonds. The molecule has 0 radical (unpaired) electrons. The van der Waals surface area contributed by atoms with Gasteiger partial charge in [0, 0.05) is 46.3 Å². The number of benzene rings is 1. The van der Waals surface area contributed by atoms with Crippen molar-refractivity contribution in [2.45, 2.75) is 160 Å². The summed E-state index contributed by atoms with van der Waals surface area (Å²) >= 11 is 1.54. The van der Waals surface area contributed by atoms with E-state index in [4.69, 9.17) is 24.1 Å². The second-order valence-electron chi connectivity index (χ2n) is 19.5. The molecule has 396 valence electrons. The van der Waals surface area contributed by atoms with E-state index in [2.05, 4.69) is 45.6 Å². The van der Waals surface area contributed by atoms with Gasteiger partial charge in [0.2, 0.25) is 0 Å². The third-order valence-corrected chi connectivity index (χ3v) is 13.6. The van der Waals surface area contributed by atoms with Crippen molar-refractivity contribution in [2.75, 3.05) is 58.2 Å². The maximum atomic E-state index is 12.6. The third-order valence-electron chi connectivity index (χ3n) is 12.2. The van der Waals surface area contributed by atoms with E-state index >= 15 is 0 Å². The van der Waals surface area contributed by atoms with Gasteiger partial charge in [-0.2, -0.15) is 11.8 Å². The van der Waals surface area contributed by atoms with Crippen molar-refractivity contribution in [3.05, 3.63) is 41.7 Å². The van der Waals surface area contributed by atoms with Crippen molar-refractivity contribution >= 4 is 69.3 Å². The number of aryl methyl sites for hydroxylation is 1. The van der Waals surface area contributed by atoms with Crippen molar-refractivity contribution < 1.29 is 57.6 Å². The topological polar surface area (TPSA) is 199 Å². The predicted octanol–water partition coefficient (Wildman–Crippen LogP) is 10.5. The van der Waals surface area contributed by atoms with Crippen LogP contribution >= 0.6 is 11.8 Å². The Balaban J connectivity index is 0.000000596. The number of aromatic nitrogens is 2. The molecule has 1 aromatic carbocycles. The maximum Gasteiger partial charge on any atom is 0.407 e. The number of ketones is 1. The molecule has 0 aliphatic rings. The van der Waals surface area contributed by atoms with Gasteiger partial charge in [0.1, 0.15) is 19.0 Å². The zero-order chi connectivity index (χ0) is 52.9. The van der Waals surface area contributed by atoms with Crippen LogP contribution in [-0.4, -0.2) is 109 Å². The minimum Gasteiger partial charge on any atom is -0.469 e. The van der Waals surface area contributed by atoms with Crippen LogP contribution < -0.4 is 5.32 Å². The van der Waals surface area contributed by atoms with Crippen molar-refractivity contribution in [1.29, 1.82) is 0 Å². The largest absolute Gasteiger partial charge is 0.469 e. The van der Waals surface area contributed by atoms with E-state index in [9.17, 15) is 28.8 Å². The number of para-hydroxylation sites is 1. The van der Waals surface area contributed by atoms with Gasteiger partial charge in [0.15, 0.2) is 0 Å². The summed E-state index contributed by atoms with van der Waals surface area (Å²) in [6.07, 6.45) is 8.36. The molecular weight excluding hydrogens is 915 g/mol. The van der Waals surface area contributed by atoms with Gasteiger partial charge in [0.05, 0.1) is 67.5 Å². The Kier molecular flexibility index (Phi) is 29.9. The number of fused-ring (bicyclic) bond motifs is 3. The van der Waals surface area contributed by atoms with Crippen LogP contribution in [0.3, 0.4) is 0 Å². The molecule has 70 heavy (non-hydrogen) atoms. The zero-order valence-electron chi connectivity index (χ0n) is 44.8. The number of thioether (sulfide) groups is 1. The summed E-state index contributed by atoms with van der Waals surface area (Å²) in [6.45, 7) is 24.9. The molecule has 15 nitrogen and oxygen atoms in total. The van der Waals surface area contributed by atoms with Crippen LogP contribution in [0.15, 0.2) is 30.3 Å². The molecule has 1 atom stereocenters. The Bertz CT molecular complexity index is 2080. The number of Topliss-reactive ketones (excluding diaryl/α,β-unsaturated/α-hetero) is 1. The number of carbonyl (C=O) groups is 6. The highest BCUT2D eigenvalue weighted by molar-refractivity contribution is 7.99. The van der Waals surface area contributed by atoms with Gasteiger partial charge in [-0.05, 0) is 112 Å². The number of nitrogens with one attached hydrogen (secondary N) is 1. The molecule has 2 heterocycles. The first kappa shape index (κ1) is 63.3. The Morgan fingerprint density at radius 3 is 2.03 bits per heavy atom. The number of aliphatic hydroxyl groups excluding tert-OH is 1. The number of ether oxygens (including phenoxy) is 5. The van der Waals surface area contributed by atoms with Crippen molar-refractivity contribution in [2.24, 2.45) is 22.2 Å². The molecule has 0 bridgehead atoms. The lowest BCUT2D eigenvalue weighted by Crippen LogP contribution is -2.32. The van der Waals surface area contributed by atoms with Crippen LogP contribution in [0.4, 0.5) is 4.79 Å². The number of aliphatic hydroxyl groups is 1. The summed E-state index contributed by atoms with van der Waals surface area (Å²) in [5, 5.41) is 13.7. The smallest absolute Gasteiger partial charge is 0.407 e. The Labute approximate surface area is 422 Å². The first-order chi connectivity index (χ1) is 33.0. The van der Waals surface area contributed by atoms with Crippen LogP contribution in [0.5, 0.6) is 0 Å². The minimum absolute atomic E-state index is 0.0733. The lowest BCUT2D eigenvalue weighted by molar-refractivity contribution is -0.154. The Hall–Kier alpha value is -4.70. The normalized spacial score (nSPS) is 11.9. The molecule has 3 aromatic rings. The van der Waals surface area contributed by atoms with Crippen LogP contribution in [0.2, 0.25) is 0 Å². The highest BCUT2D eigenvalue weighted by Gasteiger charge is 2.30. The SMILES string of the molecule is CC(=O)Cc1cc2c(c(C)n1)c1ccccc1n2CCOC(=O)C(C)(C)CSCCO.CCC(C)(C)C(=O)OC.CCCCC(CC)COC(=O)CCCCCOC(=O)NCCOC(=O)C(C)(C)CC. The average Bonchev–Trinajstić information content (AvgIpc) is 3.64. The highest BCUT2D eigenvalue weighted by Crippen LogP contribution is 2.32. The molecule has 1 unspecified atom stereocenters. The number of methoxy groups -OCH3 is 1. The van der Waals surface area contributed by atoms with E-state index < -0.39 is 16.9 Å². The van der Waals surface area contributed by atoms with E-state index in [0.717, 1.165) is 71.7 Å². The van der Waals surface area contributed by atoms with Crippen LogP contribution in [0, 0.1) is 29.1 Å². The molecule has 0 saturated carbocycles. The number of alkyl carbamates (subject to hydrolysis) is 1. The first-order valence-corrected chi connectivity index (χ1v) is 26.2. The summed E-state index contributed by atoms with van der Waals surface area (Å²) in [5.74, 6) is 0.939. The van der Waals surface area contributed by atoms with E-state index in [1.165, 1.54) is 13.5 Å². The molecule has 2 N–H and O–H groups in total. The third kappa shape index (κ3) is 23.0. The summed E-state index contributed by atoms with van der Waals surface area (Å²) in [4.78, 5) is 74.9. The molecular formula is C54H87N3O12S. The molecule has 16 heteroatoms. The highest BCUT2D eigenvalue weighted by atomic mass is 32.2. The van der Waals surface area contributed by atoms with E-state index in [1.807, 2.05) is 80.5 Å². The molecule has 0 fully saturated rings. The van der Waals surface area contributed by atoms with E-state index in [-0.39, 0.29) is 61.4 Å². The monoisotopic (exact) mass is 1000 g/mol. The van der Waals surface area contributed by atoms with Gasteiger partial charge in [0.25, 0.3) is 0 Å². The molecule has 3 rings (SSSR count). The lowest BCUT2D eigenvalue weighted by atomic mass is 9.91. The Morgan fingerprint density at radius 2 is 1.43 bits per heavy atom. The summed E-state index contributed by atoms with van der Waals surface area (Å²) in [5.41, 5.74) is 2.25. The lowest BCUT2D eigenvalue weighted by Gasteiger charge is -2.22. The maximum absolute atomic E-state index is 12.6. The number of hydrogen-bond donors (Lipinski definition) is 2. The van der Waals surface area contributed by atoms with Crippen LogP contribution in [0.25, 0.3) is 21.8 Å². The number of esters is 4. The number of amides is 1. The number of carbonyl (C=O) groups excluding carboxylic acids is 6. The predicted molar refractivity (Wildman–Crippen MR) is 279 cm³/mol. The molecule has 2 aromatic heterocycles. The fourth-order valence-corrected chi connectivity index (χ4v) is 7.68. The van der Waals surface area contributed by atoms with Crippen molar-refractivity contribution in [3.63, 3.8) is 0 Å². The summed E-state index contributed by atoms with van der Waals surface area (Å²) < 4.78 is 27.9. The quantitative estimate of drug-likeness (QED) is 0.0378. The molecule has 0 aliphatic carbocycles. The number of unbranched alkanes of at least 4 members (excludes halogenated alkanes) is 3. The fraction of sp³-hybridized carbons (Fsp3) is 0.685. The second-order valence-corrected chi connectivity index (χ2v) is 20.6. The second kappa shape index (κ2) is 33.0. The minimum atomic E-state index is -0.615. The van der Waals surface area contributed by atoms with Crippen molar-refractivity contribution in [3.8, 4) is 0 Å². The zero-order valence-corrected chi connectivity index (χ0v) is 45.7. The van der Waals surface area contributed by atoms with Gasteiger partial charge in [-0.3, -0.25) is 29.0 Å². The van der Waals surface area contributed by atoms with E-state index in [1.54, 1.807) is 18.7 Å². The van der Waals surface area contributed by atoms with E-state index in [0.29, 0.717) is 62.9 Å². The number of pyridine rings is 1. The molecule has 0 spiro atoms. The van der Waals surface area contributed by atoms with Gasteiger partial charge in [-0.1, -0.05) is 65.2 Å². The standard InChI is InChI=1S/C24H30N2O4S.C23H43NO6.C7H14O2/c1-16(28)13-18-14-21-22(17(2)25-18)19-7-5-6-8-20(19)26(21)9-11-30-23(29)24(3,4)15-31-12-10-27;1-6-9-13-19(7-2)18-30-20(25)14-11-10-12-16-29-22(27)24-15-17-28-21(26)23(4,5)8-3;1-5-7(2,3)6(8)9-4/h5-8,14,27H,9-13,15H2,1-4H3;19H,6-18H2,1-5H3,(H,24,27);5H2,1-4H3. The van der Waals surface area contributed by atoms with Crippen LogP contribution in [-0.2, 0) is 60.6 Å². The van der Waals surface area contributed by atoms with Gasteiger partial charge >= 0.3 is 30.0 Å². The average molecular weight is 1000 g/mol. The summed E-state index contributed by atoms with van der Waals surface area (Å²) in [6, 6.07) is 10.1. The summed E-state index contributed by atoms with van der Waals surface area (Å²) in [7, 11) is 1.42. The van der Waals surface area contributed by atoms with Crippen LogP contribution in [0.1, 0.15) is 152 Å². The number of hydrogen-bond acceptors (Lipinski definition) is 14. The molecule has 0 aliphatic heterocycles. The Morgan fingerprint density at radius 1 is 0.786 bits per heavy atom. The first-order valence-electron chi connectivity index (χ1n) is 25.1. The number of rotatable bonds is 29. The fourth-order valence-electron chi connectivity index (χ4n) is 6.78. The van der Waals surface area contributed by atoms with Gasteiger partial charge in [-0.25, -0.2) is 4.79 Å². The van der Waals surface area contributed by atoms with Crippen molar-refractivity contribution in [1.82, 2.24) is 14.9 Å².